The first-order valence-corrected chi connectivity index (χ1v) is 7.12. The Kier molecular flexibility index (Phi) is 4.70. The van der Waals surface area contributed by atoms with E-state index in [1.807, 2.05) is 20.8 Å². The Hall–Kier alpha value is -2.09. The van der Waals surface area contributed by atoms with Crippen molar-refractivity contribution in [2.45, 2.75) is 32.9 Å². The van der Waals surface area contributed by atoms with Crippen molar-refractivity contribution in [2.75, 3.05) is 26.2 Å². The van der Waals surface area contributed by atoms with Crippen LogP contribution in [-0.4, -0.2) is 63.7 Å². The molecule has 1 amide bonds. The number of carboxylic acid groups (broad SMARTS) is 1. The highest BCUT2D eigenvalue weighted by Crippen LogP contribution is 2.13. The topological polar surface area (TPSA) is 96.1 Å². The first-order valence-electron chi connectivity index (χ1n) is 7.12. The first kappa shape index (κ1) is 16.3. The van der Waals surface area contributed by atoms with Gasteiger partial charge in [0.2, 0.25) is 5.89 Å². The van der Waals surface area contributed by atoms with Crippen molar-refractivity contribution in [1.29, 1.82) is 0 Å². The minimum Gasteiger partial charge on any atom is -0.476 e. The molecule has 22 heavy (non-hydrogen) atoms. The number of aromatic nitrogens is 1. The van der Waals surface area contributed by atoms with E-state index in [0.29, 0.717) is 38.6 Å². The third-order valence-electron chi connectivity index (χ3n) is 3.15. The second-order valence-electron chi connectivity index (χ2n) is 6.18. The van der Waals surface area contributed by atoms with Gasteiger partial charge in [0.05, 0.1) is 6.54 Å². The van der Waals surface area contributed by atoms with Gasteiger partial charge >= 0.3 is 12.1 Å². The van der Waals surface area contributed by atoms with Crippen LogP contribution in [0.5, 0.6) is 0 Å². The van der Waals surface area contributed by atoms with Crippen LogP contribution in [0.15, 0.2) is 10.7 Å². The van der Waals surface area contributed by atoms with Crippen LogP contribution in [0.3, 0.4) is 0 Å². The molecule has 1 fully saturated rings. The Morgan fingerprint density at radius 3 is 2.45 bits per heavy atom. The van der Waals surface area contributed by atoms with E-state index >= 15 is 0 Å². The quantitative estimate of drug-likeness (QED) is 0.901. The molecule has 8 nitrogen and oxygen atoms in total. The van der Waals surface area contributed by atoms with Crippen molar-refractivity contribution in [3.63, 3.8) is 0 Å². The molecule has 1 aromatic heterocycles. The molecule has 1 aromatic rings. The lowest BCUT2D eigenvalue weighted by Crippen LogP contribution is -2.49. The summed E-state index contributed by atoms with van der Waals surface area (Å²) in [7, 11) is 0. The fraction of sp³-hybridized carbons (Fsp3) is 0.643. The molecule has 1 saturated heterocycles. The van der Waals surface area contributed by atoms with E-state index in [1.54, 1.807) is 4.90 Å². The summed E-state index contributed by atoms with van der Waals surface area (Å²) in [6.45, 7) is 8.36. The number of rotatable bonds is 3. The lowest BCUT2D eigenvalue weighted by molar-refractivity contribution is 0.0133. The van der Waals surface area contributed by atoms with Crippen LogP contribution in [0.1, 0.15) is 37.2 Å². The zero-order chi connectivity index (χ0) is 16.3. The predicted molar refractivity (Wildman–Crippen MR) is 76.5 cm³/mol. The van der Waals surface area contributed by atoms with Crippen LogP contribution in [0.4, 0.5) is 4.79 Å². The molecule has 0 spiro atoms. The van der Waals surface area contributed by atoms with Crippen LogP contribution < -0.4 is 0 Å². The zero-order valence-corrected chi connectivity index (χ0v) is 13.0. The molecule has 2 rings (SSSR count). The lowest BCUT2D eigenvalue weighted by atomic mass is 10.2. The number of ether oxygens (including phenoxy) is 1. The molecular formula is C14H21N3O5. The second kappa shape index (κ2) is 6.35. The number of carbonyl (C=O) groups excluding carboxylic acids is 1. The molecule has 122 valence electrons. The SMILES string of the molecule is CC(C)(C)OC(=O)N1CCN(Cc2nc(C(=O)O)co2)CC1. The van der Waals surface area contributed by atoms with Gasteiger partial charge in [0.1, 0.15) is 11.9 Å². The van der Waals surface area contributed by atoms with Crippen molar-refractivity contribution in [1.82, 2.24) is 14.8 Å². The van der Waals surface area contributed by atoms with Crippen LogP contribution in [0, 0.1) is 0 Å². The molecule has 1 aliphatic rings. The van der Waals surface area contributed by atoms with E-state index in [0.717, 1.165) is 6.26 Å². The minimum absolute atomic E-state index is 0.0950. The fourth-order valence-corrected chi connectivity index (χ4v) is 2.09. The summed E-state index contributed by atoms with van der Waals surface area (Å²) in [4.78, 5) is 30.3. The number of carboxylic acids is 1. The average molecular weight is 311 g/mol. The number of aromatic carboxylic acids is 1. The van der Waals surface area contributed by atoms with E-state index in [1.165, 1.54) is 0 Å². The first-order chi connectivity index (χ1) is 10.2. The third-order valence-corrected chi connectivity index (χ3v) is 3.15. The summed E-state index contributed by atoms with van der Waals surface area (Å²) >= 11 is 0. The maximum Gasteiger partial charge on any atom is 0.410 e. The number of hydrogen-bond acceptors (Lipinski definition) is 6. The summed E-state index contributed by atoms with van der Waals surface area (Å²) in [6, 6.07) is 0. The maximum atomic E-state index is 11.9. The average Bonchev–Trinajstić information content (AvgIpc) is 2.86. The van der Waals surface area contributed by atoms with Crippen molar-refractivity contribution in [3.05, 3.63) is 17.8 Å². The molecule has 0 bridgehead atoms. The van der Waals surface area contributed by atoms with Gasteiger partial charge in [-0.05, 0) is 20.8 Å². The molecular weight excluding hydrogens is 290 g/mol. The van der Waals surface area contributed by atoms with Crippen molar-refractivity contribution < 1.29 is 23.8 Å². The Morgan fingerprint density at radius 2 is 1.95 bits per heavy atom. The maximum absolute atomic E-state index is 11.9. The highest BCUT2D eigenvalue weighted by molar-refractivity contribution is 5.84. The summed E-state index contributed by atoms with van der Waals surface area (Å²) in [5.41, 5.74) is -0.595. The van der Waals surface area contributed by atoms with Crippen LogP contribution in [0.25, 0.3) is 0 Å². The van der Waals surface area contributed by atoms with Crippen LogP contribution in [0.2, 0.25) is 0 Å². The van der Waals surface area contributed by atoms with E-state index < -0.39 is 11.6 Å². The zero-order valence-electron chi connectivity index (χ0n) is 13.0. The fourth-order valence-electron chi connectivity index (χ4n) is 2.09. The van der Waals surface area contributed by atoms with E-state index in [4.69, 9.17) is 14.3 Å². The lowest BCUT2D eigenvalue weighted by Gasteiger charge is -2.35. The van der Waals surface area contributed by atoms with E-state index in [9.17, 15) is 9.59 Å². The third kappa shape index (κ3) is 4.45. The molecule has 0 saturated carbocycles. The normalized spacial score (nSPS) is 16.6. The van der Waals surface area contributed by atoms with Gasteiger partial charge in [0, 0.05) is 26.2 Å². The number of carbonyl (C=O) groups is 2. The molecule has 2 heterocycles. The van der Waals surface area contributed by atoms with Gasteiger partial charge in [-0.15, -0.1) is 0 Å². The van der Waals surface area contributed by atoms with Crippen LogP contribution >= 0.6 is 0 Å². The Balaban J connectivity index is 1.81. The van der Waals surface area contributed by atoms with Gasteiger partial charge in [-0.3, -0.25) is 4.90 Å². The molecule has 0 radical (unpaired) electrons. The van der Waals surface area contributed by atoms with Gasteiger partial charge in [-0.1, -0.05) is 0 Å². The molecule has 8 heteroatoms. The molecule has 0 atom stereocenters. The van der Waals surface area contributed by atoms with Gasteiger partial charge in [0.15, 0.2) is 5.69 Å². The molecule has 0 unspecified atom stereocenters. The smallest absolute Gasteiger partial charge is 0.410 e. The van der Waals surface area contributed by atoms with Gasteiger partial charge in [-0.25, -0.2) is 14.6 Å². The van der Waals surface area contributed by atoms with Gasteiger partial charge < -0.3 is 19.2 Å². The van der Waals surface area contributed by atoms with Gasteiger partial charge in [-0.2, -0.15) is 0 Å². The molecule has 1 N–H and O–H groups in total. The van der Waals surface area contributed by atoms with E-state index in [2.05, 4.69) is 9.88 Å². The monoisotopic (exact) mass is 311 g/mol. The number of nitrogens with zero attached hydrogens (tertiary/aromatic N) is 3. The predicted octanol–water partition coefficient (Wildman–Crippen LogP) is 1.43. The van der Waals surface area contributed by atoms with Crippen molar-refractivity contribution in [3.8, 4) is 0 Å². The van der Waals surface area contributed by atoms with Gasteiger partial charge in [0.25, 0.3) is 0 Å². The second-order valence-corrected chi connectivity index (χ2v) is 6.18. The minimum atomic E-state index is -1.11. The largest absolute Gasteiger partial charge is 0.476 e. The Labute approximate surface area is 128 Å². The van der Waals surface area contributed by atoms with E-state index in [-0.39, 0.29) is 11.8 Å². The number of piperazine rings is 1. The number of amides is 1. The summed E-state index contributed by atoms with van der Waals surface area (Å²) in [5.74, 6) is -0.743. The standard InChI is InChI=1S/C14H21N3O5/c1-14(2,3)22-13(20)17-6-4-16(5-7-17)8-11-15-10(9-21-11)12(18)19/h9H,4-8H2,1-3H3,(H,18,19). The van der Waals surface area contributed by atoms with Crippen molar-refractivity contribution >= 4 is 12.1 Å². The number of hydrogen-bond donors (Lipinski definition) is 1. The molecule has 0 aromatic carbocycles. The summed E-state index contributed by atoms with van der Waals surface area (Å²) < 4.78 is 10.5. The van der Waals surface area contributed by atoms with Crippen LogP contribution in [-0.2, 0) is 11.3 Å². The molecule has 1 aliphatic heterocycles. The Bertz CT molecular complexity index is 541. The highest BCUT2D eigenvalue weighted by Gasteiger charge is 2.26. The summed E-state index contributed by atoms with van der Waals surface area (Å²) in [6.07, 6.45) is 0.825. The molecule has 0 aliphatic carbocycles. The highest BCUT2D eigenvalue weighted by atomic mass is 16.6. The number of oxazole rings is 1. The summed E-state index contributed by atoms with van der Waals surface area (Å²) in [5, 5.41) is 8.80. The Morgan fingerprint density at radius 1 is 1.32 bits per heavy atom. The van der Waals surface area contributed by atoms with Crippen molar-refractivity contribution in [2.24, 2.45) is 0 Å².